The molecule has 7 nitrogen and oxygen atoms in total. The SMILES string of the molecule is [CH2]C(=O)NCCc1cccc(Nc2nc(CC(C)C)c(CC)nc2C(N)=O)c1. The number of amides is 2. The van der Waals surface area contributed by atoms with Gasteiger partial charge in [0.2, 0.25) is 5.91 Å². The highest BCUT2D eigenvalue weighted by molar-refractivity contribution is 5.96. The molecule has 2 rings (SSSR count). The van der Waals surface area contributed by atoms with E-state index in [1.165, 1.54) is 0 Å². The Morgan fingerprint density at radius 1 is 1.21 bits per heavy atom. The number of nitrogens with one attached hydrogen (secondary N) is 2. The van der Waals surface area contributed by atoms with Crippen LogP contribution < -0.4 is 16.4 Å². The summed E-state index contributed by atoms with van der Waals surface area (Å²) in [6.45, 7) is 10.0. The number of nitrogens with zero attached hydrogens (tertiary/aromatic N) is 2. The maximum atomic E-state index is 11.9. The number of aromatic nitrogens is 2. The summed E-state index contributed by atoms with van der Waals surface area (Å²) in [5.74, 6) is -0.138. The molecule has 2 aromatic rings. The lowest BCUT2D eigenvalue weighted by Crippen LogP contribution is -2.22. The number of primary amides is 1. The van der Waals surface area contributed by atoms with E-state index in [1.54, 1.807) is 0 Å². The zero-order chi connectivity index (χ0) is 20.7. The predicted octanol–water partition coefficient (Wildman–Crippen LogP) is 2.57. The Balaban J connectivity index is 2.31. The zero-order valence-corrected chi connectivity index (χ0v) is 16.7. The first-order valence-corrected chi connectivity index (χ1v) is 9.45. The fourth-order valence-corrected chi connectivity index (χ4v) is 2.88. The molecule has 28 heavy (non-hydrogen) atoms. The molecule has 0 bridgehead atoms. The highest BCUT2D eigenvalue weighted by Gasteiger charge is 2.17. The maximum Gasteiger partial charge on any atom is 0.271 e. The fourth-order valence-electron chi connectivity index (χ4n) is 2.88. The Bertz CT molecular complexity index is 849. The van der Waals surface area contributed by atoms with Crippen LogP contribution >= 0.6 is 0 Å². The summed E-state index contributed by atoms with van der Waals surface area (Å²) >= 11 is 0. The van der Waals surface area contributed by atoms with Gasteiger partial charge in [-0.1, -0.05) is 32.9 Å². The van der Waals surface area contributed by atoms with Crippen molar-refractivity contribution in [2.75, 3.05) is 11.9 Å². The standard InChI is InChI=1S/C21H28N5O2/c1-5-17-18(11-13(2)3)26-21(19(25-17)20(22)28)24-16-8-6-7-15(12-16)9-10-23-14(4)27/h6-8,12-13H,4-5,9-11H2,1-3H3,(H2,22,28)(H,23,27)(H,24,26). The van der Waals surface area contributed by atoms with Gasteiger partial charge in [-0.15, -0.1) is 0 Å². The van der Waals surface area contributed by atoms with E-state index < -0.39 is 5.91 Å². The summed E-state index contributed by atoms with van der Waals surface area (Å²) in [5.41, 5.74) is 9.15. The molecular weight excluding hydrogens is 354 g/mol. The summed E-state index contributed by atoms with van der Waals surface area (Å²) in [6, 6.07) is 7.69. The molecule has 4 N–H and O–H groups in total. The first-order valence-electron chi connectivity index (χ1n) is 9.45. The second-order valence-electron chi connectivity index (χ2n) is 7.06. The molecule has 0 saturated heterocycles. The number of rotatable bonds is 9. The highest BCUT2D eigenvalue weighted by atomic mass is 16.1. The van der Waals surface area contributed by atoms with Crippen LogP contribution in [0.3, 0.4) is 0 Å². The Hall–Kier alpha value is -2.96. The third kappa shape index (κ3) is 6.04. The molecule has 1 radical (unpaired) electrons. The van der Waals surface area contributed by atoms with Gasteiger partial charge in [0.15, 0.2) is 11.5 Å². The second kappa shape index (κ2) is 9.82. The molecule has 1 aromatic heterocycles. The number of benzene rings is 1. The first-order chi connectivity index (χ1) is 13.3. The van der Waals surface area contributed by atoms with Crippen LogP contribution in [-0.4, -0.2) is 28.3 Å². The van der Waals surface area contributed by atoms with Crippen molar-refractivity contribution in [2.24, 2.45) is 11.7 Å². The summed E-state index contributed by atoms with van der Waals surface area (Å²) in [7, 11) is 0. The smallest absolute Gasteiger partial charge is 0.271 e. The van der Waals surface area contributed by atoms with E-state index in [0.29, 0.717) is 31.1 Å². The molecule has 0 fully saturated rings. The molecule has 0 spiro atoms. The van der Waals surface area contributed by atoms with Crippen molar-refractivity contribution in [3.05, 3.63) is 53.8 Å². The summed E-state index contributed by atoms with van der Waals surface area (Å²) in [6.07, 6.45) is 2.12. The van der Waals surface area contributed by atoms with Gasteiger partial charge in [-0.05, 0) is 42.9 Å². The van der Waals surface area contributed by atoms with Crippen LogP contribution in [0.1, 0.15) is 48.2 Å². The number of nitrogens with two attached hydrogens (primary N) is 1. The Morgan fingerprint density at radius 3 is 2.57 bits per heavy atom. The minimum absolute atomic E-state index is 0.138. The van der Waals surface area contributed by atoms with Crippen LogP contribution in [0.2, 0.25) is 0 Å². The molecule has 1 aromatic carbocycles. The van der Waals surface area contributed by atoms with Crippen LogP contribution in [0.25, 0.3) is 0 Å². The average Bonchev–Trinajstić information content (AvgIpc) is 2.61. The van der Waals surface area contributed by atoms with Crippen molar-refractivity contribution in [1.29, 1.82) is 0 Å². The average molecular weight is 382 g/mol. The van der Waals surface area contributed by atoms with Crippen molar-refractivity contribution in [2.45, 2.75) is 40.0 Å². The monoisotopic (exact) mass is 382 g/mol. The van der Waals surface area contributed by atoms with Crippen LogP contribution in [0, 0.1) is 12.8 Å². The van der Waals surface area contributed by atoms with Crippen molar-refractivity contribution in [3.8, 4) is 0 Å². The predicted molar refractivity (Wildman–Crippen MR) is 110 cm³/mol. The number of hydrogen-bond acceptors (Lipinski definition) is 5. The van der Waals surface area contributed by atoms with Crippen molar-refractivity contribution in [3.63, 3.8) is 0 Å². The molecule has 0 aliphatic rings. The molecule has 1 heterocycles. The van der Waals surface area contributed by atoms with E-state index in [1.807, 2.05) is 31.2 Å². The van der Waals surface area contributed by atoms with Gasteiger partial charge < -0.3 is 16.4 Å². The summed E-state index contributed by atoms with van der Waals surface area (Å²) < 4.78 is 0. The maximum absolute atomic E-state index is 11.9. The minimum atomic E-state index is -0.616. The topological polar surface area (TPSA) is 110 Å². The van der Waals surface area contributed by atoms with Gasteiger partial charge in [0.25, 0.3) is 5.91 Å². The third-order valence-corrected chi connectivity index (χ3v) is 4.15. The van der Waals surface area contributed by atoms with Gasteiger partial charge in [0.1, 0.15) is 0 Å². The summed E-state index contributed by atoms with van der Waals surface area (Å²) in [4.78, 5) is 32.0. The van der Waals surface area contributed by atoms with Gasteiger partial charge in [-0.2, -0.15) is 0 Å². The number of anilines is 2. The molecule has 149 valence electrons. The molecule has 7 heteroatoms. The molecule has 0 aliphatic carbocycles. The van der Waals surface area contributed by atoms with E-state index in [-0.39, 0.29) is 11.6 Å². The van der Waals surface area contributed by atoms with E-state index >= 15 is 0 Å². The van der Waals surface area contributed by atoms with Crippen LogP contribution in [0.15, 0.2) is 24.3 Å². The van der Waals surface area contributed by atoms with Gasteiger partial charge in [0, 0.05) is 19.2 Å². The second-order valence-corrected chi connectivity index (χ2v) is 7.06. The quantitative estimate of drug-likeness (QED) is 0.617. The fraction of sp³-hybridized carbons (Fsp3) is 0.381. The molecule has 0 saturated carbocycles. The Morgan fingerprint density at radius 2 is 1.96 bits per heavy atom. The van der Waals surface area contributed by atoms with Crippen molar-refractivity contribution < 1.29 is 9.59 Å². The van der Waals surface area contributed by atoms with Crippen LogP contribution in [0.4, 0.5) is 11.5 Å². The number of carbonyl (C=O) groups excluding carboxylic acids is 2. The lowest BCUT2D eigenvalue weighted by molar-refractivity contribution is -0.116. The first kappa shape index (κ1) is 21.3. The van der Waals surface area contributed by atoms with E-state index in [2.05, 4.69) is 41.4 Å². The molecule has 0 atom stereocenters. The lowest BCUT2D eigenvalue weighted by atomic mass is 10.0. The molecule has 0 unspecified atom stereocenters. The van der Waals surface area contributed by atoms with Crippen LogP contribution in [-0.2, 0) is 24.1 Å². The normalized spacial score (nSPS) is 10.8. The Kier molecular flexibility index (Phi) is 7.49. The van der Waals surface area contributed by atoms with Gasteiger partial charge in [-0.3, -0.25) is 9.59 Å². The molecule has 0 aliphatic heterocycles. The molecular formula is C21H28N5O2. The number of aryl methyl sites for hydroxylation is 1. The highest BCUT2D eigenvalue weighted by Crippen LogP contribution is 2.22. The van der Waals surface area contributed by atoms with Gasteiger partial charge >= 0.3 is 0 Å². The third-order valence-electron chi connectivity index (χ3n) is 4.15. The van der Waals surface area contributed by atoms with Gasteiger partial charge in [0.05, 0.1) is 11.4 Å². The minimum Gasteiger partial charge on any atom is -0.364 e. The number of hydrogen-bond donors (Lipinski definition) is 3. The van der Waals surface area contributed by atoms with Gasteiger partial charge in [-0.25, -0.2) is 9.97 Å². The van der Waals surface area contributed by atoms with Crippen molar-refractivity contribution in [1.82, 2.24) is 15.3 Å². The van der Waals surface area contributed by atoms with Crippen LogP contribution in [0.5, 0.6) is 0 Å². The lowest BCUT2D eigenvalue weighted by Gasteiger charge is -2.15. The number of carbonyl (C=O) groups is 2. The summed E-state index contributed by atoms with van der Waals surface area (Å²) in [5, 5.41) is 5.86. The largest absolute Gasteiger partial charge is 0.364 e. The zero-order valence-electron chi connectivity index (χ0n) is 16.7. The van der Waals surface area contributed by atoms with E-state index in [4.69, 9.17) is 5.73 Å². The van der Waals surface area contributed by atoms with E-state index in [9.17, 15) is 9.59 Å². The van der Waals surface area contributed by atoms with E-state index in [0.717, 1.165) is 29.1 Å². The van der Waals surface area contributed by atoms with Crippen molar-refractivity contribution >= 4 is 23.3 Å². The molecule has 2 amide bonds. The Labute approximate surface area is 166 Å².